The average Bonchev–Trinajstić information content (AvgIpc) is 3.20. The maximum absolute atomic E-state index is 13.0. The van der Waals surface area contributed by atoms with Crippen molar-refractivity contribution in [3.05, 3.63) is 92.5 Å². The van der Waals surface area contributed by atoms with Gasteiger partial charge in [0.05, 0.1) is 36.2 Å². The Morgan fingerprint density at radius 2 is 1.72 bits per heavy atom. The first-order valence-electron chi connectivity index (χ1n) is 10.6. The second-order valence-corrected chi connectivity index (χ2v) is 8.35. The van der Waals surface area contributed by atoms with E-state index in [4.69, 9.17) is 21.1 Å². The van der Waals surface area contributed by atoms with Crippen LogP contribution in [0, 0.1) is 38.2 Å². The number of carbonyl (C=O) groups excluding carboxylic acids is 2. The molecule has 2 aromatic rings. The van der Waals surface area contributed by atoms with E-state index < -0.39 is 27.7 Å². The van der Waals surface area contributed by atoms with Crippen LogP contribution in [-0.4, -0.2) is 30.6 Å². The Hall–Kier alpha value is -4.47. The lowest BCUT2D eigenvalue weighted by molar-refractivity contribution is -0.384. The number of carbonyl (C=O) groups is 2. The van der Waals surface area contributed by atoms with E-state index in [0.717, 1.165) is 7.11 Å². The van der Waals surface area contributed by atoms with Gasteiger partial charge in [0.2, 0.25) is 0 Å². The van der Waals surface area contributed by atoms with Crippen molar-refractivity contribution < 1.29 is 24.0 Å². The molecule has 36 heavy (non-hydrogen) atoms. The van der Waals surface area contributed by atoms with Crippen LogP contribution in [0.2, 0.25) is 5.02 Å². The Bertz CT molecular complexity index is 1350. The highest BCUT2D eigenvalue weighted by Gasteiger charge is 2.65. The zero-order valence-corrected chi connectivity index (χ0v) is 20.2. The number of allylic oxidation sites excluding steroid dienone is 1. The number of nitro groups is 1. The minimum atomic E-state index is -2.18. The lowest BCUT2D eigenvalue weighted by Gasteiger charge is -2.40. The zero-order chi connectivity index (χ0) is 26.7. The molecule has 0 amide bonds. The van der Waals surface area contributed by atoms with Crippen LogP contribution in [-0.2, 0) is 24.5 Å². The van der Waals surface area contributed by atoms with Crippen molar-refractivity contribution in [2.45, 2.75) is 18.8 Å². The van der Waals surface area contributed by atoms with Gasteiger partial charge in [0.15, 0.2) is 5.41 Å². The van der Waals surface area contributed by atoms with E-state index in [1.165, 1.54) is 36.4 Å². The summed E-state index contributed by atoms with van der Waals surface area (Å²) in [6, 6.07) is 15.3. The van der Waals surface area contributed by atoms with Crippen molar-refractivity contribution in [1.29, 1.82) is 10.5 Å². The first-order chi connectivity index (χ1) is 17.1. The third kappa shape index (κ3) is 3.90. The highest BCUT2D eigenvalue weighted by Crippen LogP contribution is 2.63. The molecule has 1 aliphatic rings. The molecule has 182 valence electrons. The first kappa shape index (κ1) is 26.1. The molecule has 2 aromatic carbocycles. The van der Waals surface area contributed by atoms with Crippen LogP contribution in [0.25, 0.3) is 5.57 Å². The van der Waals surface area contributed by atoms with Gasteiger partial charge in [-0.15, -0.1) is 0 Å². The molecule has 3 rings (SSSR count). The monoisotopic (exact) mass is 505 g/mol. The number of nitriles is 2. The fraction of sp³-hybridized carbons (Fsp3) is 0.231. The molecule has 0 radical (unpaired) electrons. The number of nitro benzene ring substituents is 1. The van der Waals surface area contributed by atoms with Crippen LogP contribution >= 0.6 is 11.6 Å². The van der Waals surface area contributed by atoms with Gasteiger partial charge in [-0.05, 0) is 36.6 Å². The zero-order valence-electron chi connectivity index (χ0n) is 19.4. The molecular formula is C26H20ClN3O6. The summed E-state index contributed by atoms with van der Waals surface area (Å²) in [5.41, 5.74) is -3.98. The summed E-state index contributed by atoms with van der Waals surface area (Å²) < 4.78 is 10.2. The summed E-state index contributed by atoms with van der Waals surface area (Å²) >= 11 is 6.03. The summed E-state index contributed by atoms with van der Waals surface area (Å²) in [4.78, 5) is 36.7. The van der Waals surface area contributed by atoms with Crippen molar-refractivity contribution in [3.8, 4) is 12.1 Å². The van der Waals surface area contributed by atoms with E-state index in [1.807, 2.05) is 12.1 Å². The number of hydrogen-bond acceptors (Lipinski definition) is 8. The molecule has 0 heterocycles. The third-order valence-corrected chi connectivity index (χ3v) is 6.52. The Morgan fingerprint density at radius 1 is 1.14 bits per heavy atom. The SMILES string of the molecule is C=C(C(=O)OCC)[C@@]1(c2ccc([N+](=O)[O-])cc2)CC(C(=O)OC)=C(c2ccc(Cl)cc2)C1(C#N)C#N. The Morgan fingerprint density at radius 3 is 2.19 bits per heavy atom. The van der Waals surface area contributed by atoms with Gasteiger partial charge in [-0.3, -0.25) is 10.1 Å². The summed E-state index contributed by atoms with van der Waals surface area (Å²) in [6.07, 6.45) is -0.325. The molecule has 0 aromatic heterocycles. The van der Waals surface area contributed by atoms with E-state index >= 15 is 0 Å². The summed E-state index contributed by atoms with van der Waals surface area (Å²) in [7, 11) is 1.15. The third-order valence-electron chi connectivity index (χ3n) is 6.27. The summed E-state index contributed by atoms with van der Waals surface area (Å²) in [5, 5.41) is 32.8. The topological polar surface area (TPSA) is 143 Å². The van der Waals surface area contributed by atoms with Crippen molar-refractivity contribution in [3.63, 3.8) is 0 Å². The highest BCUT2D eigenvalue weighted by atomic mass is 35.5. The molecule has 0 aliphatic heterocycles. The molecule has 0 saturated carbocycles. The van der Waals surface area contributed by atoms with Gasteiger partial charge in [0.1, 0.15) is 0 Å². The molecule has 0 spiro atoms. The number of esters is 2. The van der Waals surface area contributed by atoms with Crippen molar-refractivity contribution >= 4 is 34.8 Å². The number of halogens is 1. The number of non-ortho nitro benzene ring substituents is 1. The normalized spacial score (nSPS) is 18.0. The number of nitrogens with zero attached hydrogens (tertiary/aromatic N) is 3. The van der Waals surface area contributed by atoms with Crippen LogP contribution in [0.5, 0.6) is 0 Å². The van der Waals surface area contributed by atoms with Gasteiger partial charge < -0.3 is 9.47 Å². The largest absolute Gasteiger partial charge is 0.466 e. The van der Waals surface area contributed by atoms with Gasteiger partial charge >= 0.3 is 11.9 Å². The van der Waals surface area contributed by atoms with Crippen LogP contribution in [0.1, 0.15) is 24.5 Å². The van der Waals surface area contributed by atoms with Crippen LogP contribution in [0.15, 0.2) is 66.3 Å². The molecular weight excluding hydrogens is 486 g/mol. The summed E-state index contributed by atoms with van der Waals surface area (Å²) in [6.45, 7) is 5.47. The minimum absolute atomic E-state index is 0.0123. The Kier molecular flexibility index (Phi) is 7.28. The molecule has 1 atom stereocenters. The number of rotatable bonds is 7. The molecule has 0 bridgehead atoms. The molecule has 0 unspecified atom stereocenters. The second kappa shape index (κ2) is 10.0. The molecule has 0 fully saturated rings. The van der Waals surface area contributed by atoms with E-state index in [9.17, 15) is 30.2 Å². The van der Waals surface area contributed by atoms with E-state index in [1.54, 1.807) is 19.1 Å². The fourth-order valence-corrected chi connectivity index (χ4v) is 4.77. The second-order valence-electron chi connectivity index (χ2n) is 7.91. The Balaban J connectivity index is 2.46. The van der Waals surface area contributed by atoms with Crippen molar-refractivity contribution in [1.82, 2.24) is 0 Å². The summed E-state index contributed by atoms with van der Waals surface area (Å²) in [5.74, 6) is -1.69. The Labute approximate surface area is 212 Å². The maximum atomic E-state index is 13.0. The van der Waals surface area contributed by atoms with E-state index in [0.29, 0.717) is 10.6 Å². The lowest BCUT2D eigenvalue weighted by Crippen LogP contribution is -2.45. The van der Waals surface area contributed by atoms with Crippen LogP contribution in [0.3, 0.4) is 0 Å². The van der Waals surface area contributed by atoms with E-state index in [2.05, 4.69) is 6.58 Å². The number of benzene rings is 2. The van der Waals surface area contributed by atoms with Gasteiger partial charge in [-0.1, -0.05) is 42.4 Å². The number of methoxy groups -OCH3 is 1. The minimum Gasteiger partial charge on any atom is -0.466 e. The first-order valence-corrected chi connectivity index (χ1v) is 11.0. The van der Waals surface area contributed by atoms with Crippen molar-refractivity contribution in [2.75, 3.05) is 13.7 Å². The maximum Gasteiger partial charge on any atom is 0.334 e. The van der Waals surface area contributed by atoms with Gasteiger partial charge in [-0.25, -0.2) is 9.59 Å². The molecule has 9 nitrogen and oxygen atoms in total. The van der Waals surface area contributed by atoms with Crippen LogP contribution < -0.4 is 0 Å². The lowest BCUT2D eigenvalue weighted by atomic mass is 9.56. The van der Waals surface area contributed by atoms with E-state index in [-0.39, 0.29) is 41.0 Å². The smallest absolute Gasteiger partial charge is 0.334 e. The molecule has 1 aliphatic carbocycles. The average molecular weight is 506 g/mol. The van der Waals surface area contributed by atoms with Crippen molar-refractivity contribution in [2.24, 2.45) is 5.41 Å². The van der Waals surface area contributed by atoms with Crippen LogP contribution in [0.4, 0.5) is 5.69 Å². The van der Waals surface area contributed by atoms with Gasteiger partial charge in [-0.2, -0.15) is 10.5 Å². The fourth-order valence-electron chi connectivity index (χ4n) is 4.64. The molecule has 0 N–H and O–H groups in total. The predicted molar refractivity (Wildman–Crippen MR) is 129 cm³/mol. The predicted octanol–water partition coefficient (Wildman–Crippen LogP) is 4.67. The van der Waals surface area contributed by atoms with Gasteiger partial charge in [0, 0.05) is 33.9 Å². The number of hydrogen-bond donors (Lipinski definition) is 0. The molecule has 0 saturated heterocycles. The quantitative estimate of drug-likeness (QED) is 0.228. The van der Waals surface area contributed by atoms with Gasteiger partial charge in [0.25, 0.3) is 5.69 Å². The number of ether oxygens (including phenoxy) is 2. The highest BCUT2D eigenvalue weighted by molar-refractivity contribution is 6.30. The molecule has 10 heteroatoms. The standard InChI is InChI=1S/C26H20ClN3O6/c1-4-36-23(31)16(2)26(18-7-11-20(12-8-18)30(33)34)13-21(24(32)35-3)22(25(26,14-28)15-29)17-5-9-19(27)10-6-17/h5-12H,2,4,13H2,1,3H3/t26-/m1/s1.